The number of carbonyl (C=O) groups excluding carboxylic acids is 1. The van der Waals surface area contributed by atoms with Gasteiger partial charge in [0.1, 0.15) is 17.2 Å². The minimum absolute atomic E-state index is 0.239. The van der Waals surface area contributed by atoms with E-state index in [-0.39, 0.29) is 11.0 Å². The van der Waals surface area contributed by atoms with Crippen molar-refractivity contribution in [2.24, 2.45) is 0 Å². The average Bonchev–Trinajstić information content (AvgIpc) is 3.24. The molecule has 28 heavy (non-hydrogen) atoms. The molecule has 0 radical (unpaired) electrons. The van der Waals surface area contributed by atoms with Crippen molar-refractivity contribution in [3.8, 4) is 17.2 Å². The first-order valence-electron chi connectivity index (χ1n) is 8.66. The molecule has 0 saturated carbocycles. The Morgan fingerprint density at radius 1 is 1.11 bits per heavy atom. The van der Waals surface area contributed by atoms with Crippen LogP contribution >= 0.6 is 12.6 Å². The van der Waals surface area contributed by atoms with Crippen molar-refractivity contribution in [3.05, 3.63) is 71.8 Å². The second-order valence-electron chi connectivity index (χ2n) is 6.15. The molecular weight excluding hydrogens is 376 g/mol. The summed E-state index contributed by atoms with van der Waals surface area (Å²) >= 11 is 4.07. The zero-order valence-electron chi connectivity index (χ0n) is 16.0. The van der Waals surface area contributed by atoms with Crippen molar-refractivity contribution >= 4 is 17.7 Å². The highest BCUT2D eigenvalue weighted by Gasteiger charge is 2.27. The number of carbonyl (C=O) groups is 1. The lowest BCUT2D eigenvalue weighted by molar-refractivity contribution is 0.109. The Morgan fingerprint density at radius 2 is 1.79 bits per heavy atom. The number of nitrogens with zero attached hydrogens (tertiary/aromatic N) is 2. The highest BCUT2D eigenvalue weighted by molar-refractivity contribution is 7.97. The molecule has 0 fully saturated rings. The van der Waals surface area contributed by atoms with Crippen LogP contribution in [0.1, 0.15) is 27.4 Å². The Balaban J connectivity index is 2.25. The fourth-order valence-electron chi connectivity index (χ4n) is 3.32. The number of methoxy groups -OCH3 is 3. The van der Waals surface area contributed by atoms with Crippen LogP contribution in [0.4, 0.5) is 0 Å². The number of rotatable bonds is 8. The van der Waals surface area contributed by atoms with E-state index in [0.29, 0.717) is 29.4 Å². The number of thiol groups is 1. The number of ether oxygens (including phenoxy) is 3. The smallest absolute Gasteiger partial charge is 0.216 e. The van der Waals surface area contributed by atoms with Crippen molar-refractivity contribution in [2.45, 2.75) is 12.5 Å². The van der Waals surface area contributed by atoms with Gasteiger partial charge in [0, 0.05) is 48.1 Å². The molecule has 7 heteroatoms. The quantitative estimate of drug-likeness (QED) is 0.585. The first-order valence-corrected chi connectivity index (χ1v) is 9.11. The minimum atomic E-state index is -0.294. The van der Waals surface area contributed by atoms with Gasteiger partial charge in [-0.15, -0.1) is 12.6 Å². The maximum atomic E-state index is 12.2. The number of benzene rings is 2. The third kappa shape index (κ3) is 3.99. The van der Waals surface area contributed by atoms with Gasteiger partial charge in [0.15, 0.2) is 0 Å². The SMILES string of the molecule is COc1cc(OC)c(C(Cn2ccnc2)c2ccccc2C(=O)S)c(OC)c1. The molecular formula is C21H22N2O4S. The summed E-state index contributed by atoms with van der Waals surface area (Å²) in [5.74, 6) is 1.61. The van der Waals surface area contributed by atoms with Crippen LogP contribution in [0, 0.1) is 0 Å². The van der Waals surface area contributed by atoms with Gasteiger partial charge in [0.25, 0.3) is 0 Å². The molecule has 1 atom stereocenters. The van der Waals surface area contributed by atoms with E-state index in [2.05, 4.69) is 17.6 Å². The number of imidazole rings is 1. The van der Waals surface area contributed by atoms with E-state index in [0.717, 1.165) is 11.1 Å². The summed E-state index contributed by atoms with van der Waals surface area (Å²) in [4.78, 5) is 16.3. The van der Waals surface area contributed by atoms with E-state index in [9.17, 15) is 4.79 Å². The van der Waals surface area contributed by atoms with E-state index >= 15 is 0 Å². The predicted molar refractivity (Wildman–Crippen MR) is 110 cm³/mol. The zero-order valence-corrected chi connectivity index (χ0v) is 16.8. The molecule has 2 aromatic carbocycles. The van der Waals surface area contributed by atoms with Gasteiger partial charge in [0.2, 0.25) is 5.12 Å². The Kier molecular flexibility index (Phi) is 6.26. The number of hydrogen-bond acceptors (Lipinski definition) is 5. The van der Waals surface area contributed by atoms with E-state index in [4.69, 9.17) is 14.2 Å². The monoisotopic (exact) mass is 398 g/mol. The molecule has 0 aliphatic rings. The Bertz CT molecular complexity index is 932. The largest absolute Gasteiger partial charge is 0.496 e. The van der Waals surface area contributed by atoms with Crippen LogP contribution in [-0.2, 0) is 6.54 Å². The van der Waals surface area contributed by atoms with Crippen molar-refractivity contribution in [2.75, 3.05) is 21.3 Å². The van der Waals surface area contributed by atoms with E-state index in [1.54, 1.807) is 39.9 Å². The molecule has 0 spiro atoms. The zero-order chi connectivity index (χ0) is 20.1. The maximum absolute atomic E-state index is 12.2. The van der Waals surface area contributed by atoms with E-state index < -0.39 is 0 Å². The van der Waals surface area contributed by atoms with Crippen LogP contribution in [0.3, 0.4) is 0 Å². The average molecular weight is 398 g/mol. The first-order chi connectivity index (χ1) is 13.6. The highest BCUT2D eigenvalue weighted by Crippen LogP contribution is 2.43. The lowest BCUT2D eigenvalue weighted by atomic mass is 9.86. The molecule has 0 bridgehead atoms. The van der Waals surface area contributed by atoms with Gasteiger partial charge in [-0.05, 0) is 5.56 Å². The van der Waals surface area contributed by atoms with Crippen LogP contribution in [0.2, 0.25) is 0 Å². The summed E-state index contributed by atoms with van der Waals surface area (Å²) in [6, 6.07) is 11.0. The molecule has 0 aliphatic carbocycles. The molecule has 3 aromatic rings. The third-order valence-electron chi connectivity index (χ3n) is 4.62. The van der Waals surface area contributed by atoms with Crippen molar-refractivity contribution in [3.63, 3.8) is 0 Å². The van der Waals surface area contributed by atoms with Gasteiger partial charge in [-0.25, -0.2) is 4.98 Å². The molecule has 146 valence electrons. The van der Waals surface area contributed by atoms with Crippen molar-refractivity contribution < 1.29 is 19.0 Å². The third-order valence-corrected chi connectivity index (χ3v) is 4.86. The summed E-state index contributed by atoms with van der Waals surface area (Å²) < 4.78 is 18.6. The standard InChI is InChI=1S/C21H22N2O4S/c1-25-14-10-18(26-2)20(19(11-14)27-3)17(12-23-9-8-22-13-23)15-6-4-5-7-16(15)21(24)28/h4-11,13,17H,12H2,1-3H3,(H,24,28). The van der Waals surface area contributed by atoms with Crippen molar-refractivity contribution in [1.29, 1.82) is 0 Å². The topological polar surface area (TPSA) is 62.6 Å². The van der Waals surface area contributed by atoms with Gasteiger partial charge in [-0.2, -0.15) is 0 Å². The van der Waals surface area contributed by atoms with E-state index in [1.807, 2.05) is 41.1 Å². The summed E-state index contributed by atoms with van der Waals surface area (Å²) in [6.07, 6.45) is 5.33. The van der Waals surface area contributed by atoms with Gasteiger partial charge in [-0.3, -0.25) is 4.79 Å². The Hall–Kier alpha value is -2.93. The summed E-state index contributed by atoms with van der Waals surface area (Å²) in [5, 5.41) is -0.294. The van der Waals surface area contributed by atoms with Crippen molar-refractivity contribution in [1.82, 2.24) is 9.55 Å². The summed E-state index contributed by atoms with van der Waals surface area (Å²) in [6.45, 7) is 0.539. The highest BCUT2D eigenvalue weighted by atomic mass is 32.1. The Morgan fingerprint density at radius 3 is 2.32 bits per heavy atom. The first kappa shape index (κ1) is 19.8. The van der Waals surface area contributed by atoms with Crippen LogP contribution < -0.4 is 14.2 Å². The predicted octanol–water partition coefficient (Wildman–Crippen LogP) is 3.81. The summed E-state index contributed by atoms with van der Waals surface area (Å²) in [7, 11) is 4.79. The van der Waals surface area contributed by atoms with Gasteiger partial charge < -0.3 is 18.8 Å². The van der Waals surface area contributed by atoms with Gasteiger partial charge in [-0.1, -0.05) is 24.3 Å². The van der Waals surface area contributed by atoms with E-state index in [1.165, 1.54) is 0 Å². The minimum Gasteiger partial charge on any atom is -0.496 e. The normalized spacial score (nSPS) is 11.7. The molecule has 0 amide bonds. The maximum Gasteiger partial charge on any atom is 0.216 e. The molecule has 0 N–H and O–H groups in total. The Labute approximate surface area is 169 Å². The van der Waals surface area contributed by atoms with Crippen LogP contribution in [0.25, 0.3) is 0 Å². The lowest BCUT2D eigenvalue weighted by Crippen LogP contribution is -2.15. The number of hydrogen-bond donors (Lipinski definition) is 1. The van der Waals surface area contributed by atoms with Crippen LogP contribution in [-0.4, -0.2) is 36.0 Å². The molecule has 6 nitrogen and oxygen atoms in total. The van der Waals surface area contributed by atoms with Crippen LogP contribution in [0.5, 0.6) is 17.2 Å². The molecule has 0 aliphatic heterocycles. The lowest BCUT2D eigenvalue weighted by Gasteiger charge is -2.25. The molecule has 3 rings (SSSR count). The molecule has 1 heterocycles. The second-order valence-corrected chi connectivity index (χ2v) is 6.56. The fourth-order valence-corrected chi connectivity index (χ4v) is 3.53. The molecule has 0 saturated heterocycles. The van der Waals surface area contributed by atoms with Gasteiger partial charge >= 0.3 is 0 Å². The molecule has 1 aromatic heterocycles. The van der Waals surface area contributed by atoms with Crippen LogP contribution in [0.15, 0.2) is 55.1 Å². The van der Waals surface area contributed by atoms with Gasteiger partial charge in [0.05, 0.1) is 27.7 Å². The molecule has 1 unspecified atom stereocenters. The summed E-state index contributed by atoms with van der Waals surface area (Å²) in [5.41, 5.74) is 2.19. The fraction of sp³-hybridized carbons (Fsp3) is 0.238. The second kappa shape index (κ2) is 8.84. The number of aromatic nitrogens is 2.